The first-order chi connectivity index (χ1) is 5.75. The van der Waals surface area contributed by atoms with Crippen molar-refractivity contribution in [1.82, 2.24) is 15.1 Å². The lowest BCUT2D eigenvalue weighted by molar-refractivity contribution is -0.119. The number of nitrogens with zero attached hydrogens (tertiary/aromatic N) is 2. The Bertz CT molecular complexity index is 305. The first-order valence-corrected chi connectivity index (χ1v) is 4.02. The molecule has 1 N–H and O–H groups in total. The van der Waals surface area contributed by atoms with Crippen LogP contribution in [0.25, 0.3) is 0 Å². The minimum atomic E-state index is 0.130. The van der Waals surface area contributed by atoms with Gasteiger partial charge in [0.05, 0.1) is 5.69 Å². The SMILES string of the molecule is Cn1ccc(C2CNC(=O)C2)n1. The third-order valence-electron chi connectivity index (χ3n) is 2.13. The van der Waals surface area contributed by atoms with E-state index in [2.05, 4.69) is 10.4 Å². The van der Waals surface area contributed by atoms with E-state index in [1.807, 2.05) is 19.3 Å². The molecule has 1 unspecified atom stereocenters. The Morgan fingerprint density at radius 3 is 3.08 bits per heavy atom. The lowest BCUT2D eigenvalue weighted by Crippen LogP contribution is -2.13. The predicted octanol–water partition coefficient (Wildman–Crippen LogP) is 0.0236. The summed E-state index contributed by atoms with van der Waals surface area (Å²) in [5.41, 5.74) is 1.01. The van der Waals surface area contributed by atoms with Gasteiger partial charge in [-0.2, -0.15) is 5.10 Å². The highest BCUT2D eigenvalue weighted by atomic mass is 16.1. The average Bonchev–Trinajstić information content (AvgIpc) is 2.58. The van der Waals surface area contributed by atoms with Gasteiger partial charge in [0, 0.05) is 32.1 Å². The summed E-state index contributed by atoms with van der Waals surface area (Å²) in [5, 5.41) is 7.04. The fourth-order valence-electron chi connectivity index (χ4n) is 1.47. The van der Waals surface area contributed by atoms with Gasteiger partial charge < -0.3 is 5.32 Å². The Hall–Kier alpha value is -1.32. The van der Waals surface area contributed by atoms with Gasteiger partial charge in [0.25, 0.3) is 0 Å². The van der Waals surface area contributed by atoms with E-state index in [-0.39, 0.29) is 11.8 Å². The number of hydrogen-bond donors (Lipinski definition) is 1. The van der Waals surface area contributed by atoms with E-state index in [9.17, 15) is 4.79 Å². The van der Waals surface area contributed by atoms with Crippen molar-refractivity contribution >= 4 is 5.91 Å². The van der Waals surface area contributed by atoms with Crippen LogP contribution in [0.1, 0.15) is 18.0 Å². The zero-order valence-electron chi connectivity index (χ0n) is 6.95. The Morgan fingerprint density at radius 2 is 2.58 bits per heavy atom. The van der Waals surface area contributed by atoms with Crippen molar-refractivity contribution in [3.63, 3.8) is 0 Å². The third kappa shape index (κ3) is 1.20. The maximum absolute atomic E-state index is 10.9. The van der Waals surface area contributed by atoms with Crippen LogP contribution in [-0.2, 0) is 11.8 Å². The topological polar surface area (TPSA) is 46.9 Å². The van der Waals surface area contributed by atoms with Crippen molar-refractivity contribution in [3.8, 4) is 0 Å². The molecule has 0 bridgehead atoms. The van der Waals surface area contributed by atoms with Crippen LogP contribution in [-0.4, -0.2) is 22.2 Å². The van der Waals surface area contributed by atoms with Gasteiger partial charge in [-0.3, -0.25) is 9.48 Å². The second kappa shape index (κ2) is 2.62. The van der Waals surface area contributed by atoms with Crippen LogP contribution in [0.3, 0.4) is 0 Å². The third-order valence-corrected chi connectivity index (χ3v) is 2.13. The number of amides is 1. The minimum absolute atomic E-state index is 0.130. The fraction of sp³-hybridized carbons (Fsp3) is 0.500. The number of aromatic nitrogens is 2. The van der Waals surface area contributed by atoms with Crippen LogP contribution in [0.2, 0.25) is 0 Å². The number of rotatable bonds is 1. The fourth-order valence-corrected chi connectivity index (χ4v) is 1.47. The molecule has 4 nitrogen and oxygen atoms in total. The molecule has 0 aromatic carbocycles. The number of nitrogens with one attached hydrogen (secondary N) is 1. The molecule has 2 rings (SSSR count). The first kappa shape index (κ1) is 7.34. The molecule has 12 heavy (non-hydrogen) atoms. The molecule has 0 radical (unpaired) electrons. The van der Waals surface area contributed by atoms with Gasteiger partial charge in [0.2, 0.25) is 5.91 Å². The summed E-state index contributed by atoms with van der Waals surface area (Å²) in [7, 11) is 1.88. The Morgan fingerprint density at radius 1 is 1.75 bits per heavy atom. The molecule has 1 saturated heterocycles. The van der Waals surface area contributed by atoms with Crippen LogP contribution in [0.4, 0.5) is 0 Å². The molecule has 1 aliphatic rings. The standard InChI is InChI=1S/C8H11N3O/c1-11-3-2-7(10-11)6-4-8(12)9-5-6/h2-3,6H,4-5H2,1H3,(H,9,12). The van der Waals surface area contributed by atoms with Gasteiger partial charge in [0.15, 0.2) is 0 Å². The molecule has 1 atom stereocenters. The number of carbonyl (C=O) groups is 1. The molecule has 0 spiro atoms. The van der Waals surface area contributed by atoms with Crippen LogP contribution in [0.15, 0.2) is 12.3 Å². The van der Waals surface area contributed by atoms with Crippen molar-refractivity contribution in [3.05, 3.63) is 18.0 Å². The van der Waals surface area contributed by atoms with Crippen LogP contribution < -0.4 is 5.32 Å². The van der Waals surface area contributed by atoms with Crippen molar-refractivity contribution in [2.45, 2.75) is 12.3 Å². The van der Waals surface area contributed by atoms with Crippen molar-refractivity contribution in [2.75, 3.05) is 6.54 Å². The summed E-state index contributed by atoms with van der Waals surface area (Å²) in [4.78, 5) is 10.9. The Labute approximate surface area is 70.6 Å². The lowest BCUT2D eigenvalue weighted by atomic mass is 10.1. The second-order valence-electron chi connectivity index (χ2n) is 3.12. The highest BCUT2D eigenvalue weighted by Crippen LogP contribution is 2.20. The van der Waals surface area contributed by atoms with Crippen molar-refractivity contribution in [2.24, 2.45) is 7.05 Å². The maximum atomic E-state index is 10.9. The van der Waals surface area contributed by atoms with Gasteiger partial charge in [-0.1, -0.05) is 0 Å². The molecule has 1 aliphatic heterocycles. The quantitative estimate of drug-likeness (QED) is 0.638. The van der Waals surface area contributed by atoms with Crippen molar-refractivity contribution < 1.29 is 4.79 Å². The molecular formula is C8H11N3O. The van der Waals surface area contributed by atoms with E-state index in [0.29, 0.717) is 6.42 Å². The highest BCUT2D eigenvalue weighted by molar-refractivity contribution is 5.79. The average molecular weight is 165 g/mol. The molecule has 1 fully saturated rings. The monoisotopic (exact) mass is 165 g/mol. The molecule has 1 aromatic heterocycles. The summed E-state index contributed by atoms with van der Waals surface area (Å²) >= 11 is 0. The molecule has 1 amide bonds. The summed E-state index contributed by atoms with van der Waals surface area (Å²) in [6.07, 6.45) is 2.48. The zero-order valence-corrected chi connectivity index (χ0v) is 6.95. The van der Waals surface area contributed by atoms with Gasteiger partial charge in [-0.15, -0.1) is 0 Å². The summed E-state index contributed by atoms with van der Waals surface area (Å²) in [6, 6.07) is 1.96. The smallest absolute Gasteiger partial charge is 0.220 e. The van der Waals surface area contributed by atoms with Gasteiger partial charge in [0.1, 0.15) is 0 Å². The second-order valence-corrected chi connectivity index (χ2v) is 3.12. The summed E-state index contributed by atoms with van der Waals surface area (Å²) in [5.74, 6) is 0.407. The molecule has 1 aromatic rings. The summed E-state index contributed by atoms with van der Waals surface area (Å²) < 4.78 is 1.76. The molecule has 0 aliphatic carbocycles. The first-order valence-electron chi connectivity index (χ1n) is 4.02. The van der Waals surface area contributed by atoms with E-state index in [0.717, 1.165) is 12.2 Å². The largest absolute Gasteiger partial charge is 0.355 e. The lowest BCUT2D eigenvalue weighted by Gasteiger charge is -2.00. The van der Waals surface area contributed by atoms with Gasteiger partial charge in [-0.05, 0) is 6.07 Å². The van der Waals surface area contributed by atoms with E-state index in [1.165, 1.54) is 0 Å². The Balaban J connectivity index is 2.15. The summed E-state index contributed by atoms with van der Waals surface area (Å²) in [6.45, 7) is 0.732. The highest BCUT2D eigenvalue weighted by Gasteiger charge is 2.24. The zero-order chi connectivity index (χ0) is 8.55. The van der Waals surface area contributed by atoms with Crippen LogP contribution >= 0.6 is 0 Å². The Kier molecular flexibility index (Phi) is 1.60. The molecule has 0 saturated carbocycles. The number of aryl methyl sites for hydroxylation is 1. The van der Waals surface area contributed by atoms with E-state index in [4.69, 9.17) is 0 Å². The van der Waals surface area contributed by atoms with E-state index in [1.54, 1.807) is 4.68 Å². The molecule has 64 valence electrons. The molecular weight excluding hydrogens is 154 g/mol. The van der Waals surface area contributed by atoms with Crippen LogP contribution in [0, 0.1) is 0 Å². The van der Waals surface area contributed by atoms with Crippen molar-refractivity contribution in [1.29, 1.82) is 0 Å². The van der Waals surface area contributed by atoms with E-state index >= 15 is 0 Å². The predicted molar refractivity (Wildman–Crippen MR) is 43.6 cm³/mol. The van der Waals surface area contributed by atoms with Gasteiger partial charge >= 0.3 is 0 Å². The minimum Gasteiger partial charge on any atom is -0.355 e. The molecule has 2 heterocycles. The number of carbonyl (C=O) groups excluding carboxylic acids is 1. The number of hydrogen-bond acceptors (Lipinski definition) is 2. The normalized spacial score (nSPS) is 22.8. The van der Waals surface area contributed by atoms with Crippen LogP contribution in [0.5, 0.6) is 0 Å². The van der Waals surface area contributed by atoms with E-state index < -0.39 is 0 Å². The maximum Gasteiger partial charge on any atom is 0.220 e. The molecule has 4 heteroatoms. The van der Waals surface area contributed by atoms with Gasteiger partial charge in [-0.25, -0.2) is 0 Å².